The van der Waals surface area contributed by atoms with Gasteiger partial charge in [-0.1, -0.05) is 0 Å². The van der Waals surface area contributed by atoms with E-state index >= 15 is 0 Å². The first-order valence-corrected chi connectivity index (χ1v) is 3.92. The quantitative estimate of drug-likeness (QED) is 0.139. The minimum atomic E-state index is -1.75. The summed E-state index contributed by atoms with van der Waals surface area (Å²) >= 11 is 0. The van der Waals surface area contributed by atoms with Crippen molar-refractivity contribution < 1.29 is 61.6 Å². The average molecular weight is 463 g/mol. The fourth-order valence-corrected chi connectivity index (χ4v) is 0. The monoisotopic (exact) mass is 463 g/mol. The van der Waals surface area contributed by atoms with Crippen LogP contribution in [0.4, 0.5) is 0 Å². The molecule has 0 aliphatic heterocycles. The Kier molecular flexibility index (Phi) is 74.5. The maximum absolute atomic E-state index is 8.36. The molecule has 0 saturated carbocycles. The Bertz CT molecular complexity index is 308. The zero-order chi connectivity index (χ0) is 25.0. The van der Waals surface area contributed by atoms with E-state index in [0.29, 0.717) is 0 Å². The van der Waals surface area contributed by atoms with Crippen LogP contribution in [0.2, 0.25) is 0 Å². The summed E-state index contributed by atoms with van der Waals surface area (Å²) in [5, 5.41) is 97.7. The molecule has 0 heterocycles. The van der Waals surface area contributed by atoms with E-state index in [-0.39, 0.29) is 23.1 Å². The zero-order valence-corrected chi connectivity index (χ0v) is 14.0. The van der Waals surface area contributed by atoms with Gasteiger partial charge in [0.2, 0.25) is 0 Å². The van der Waals surface area contributed by atoms with Crippen molar-refractivity contribution in [3.63, 3.8) is 0 Å². The molecule has 0 spiro atoms. The summed E-state index contributed by atoms with van der Waals surface area (Å²) in [7, 11) is 0. The number of nitrogens with zero attached hydrogens (tertiary/aromatic N) is 7. The standard InChI is InChI=1S/Mg.5HNO3.2NO3/c;7*2-1(3)4/h;5*(H,2,3,4);;/q+2;;;;;;2*-1. The summed E-state index contributed by atoms with van der Waals surface area (Å²) < 4.78 is 0. The van der Waals surface area contributed by atoms with Crippen molar-refractivity contribution in [2.24, 2.45) is 0 Å². The molecule has 0 aliphatic carbocycles. The van der Waals surface area contributed by atoms with Crippen LogP contribution in [0.5, 0.6) is 0 Å². The molecule has 168 valence electrons. The molecule has 0 fully saturated rings. The molecule has 0 amide bonds. The first-order valence-electron chi connectivity index (χ1n) is 3.92. The van der Waals surface area contributed by atoms with Crippen LogP contribution in [0.25, 0.3) is 0 Å². The van der Waals surface area contributed by atoms with Gasteiger partial charge < -0.3 is 56.7 Å². The van der Waals surface area contributed by atoms with E-state index in [1.54, 1.807) is 0 Å². The number of hydrogen-bond acceptors (Lipinski definition) is 16. The van der Waals surface area contributed by atoms with Crippen molar-refractivity contribution in [1.82, 2.24) is 0 Å². The fraction of sp³-hybridized carbons (Fsp3) is 0. The normalized spacial score (nSPS) is 5.79. The minimum absolute atomic E-state index is 0. The summed E-state index contributed by atoms with van der Waals surface area (Å²) in [5.74, 6) is 0. The van der Waals surface area contributed by atoms with Crippen molar-refractivity contribution in [1.29, 1.82) is 0 Å². The Labute approximate surface area is 166 Å². The van der Waals surface area contributed by atoms with Crippen molar-refractivity contribution in [3.8, 4) is 0 Å². The van der Waals surface area contributed by atoms with E-state index in [0.717, 1.165) is 0 Å². The third-order valence-corrected chi connectivity index (χ3v) is 0. The summed E-state index contributed by atoms with van der Waals surface area (Å²) in [4.78, 5) is 58.3. The molecule has 0 bridgehead atoms. The maximum atomic E-state index is 8.36. The van der Waals surface area contributed by atoms with Gasteiger partial charge in [0, 0.05) is 0 Å². The Morgan fingerprint density at radius 2 is 0.345 bits per heavy atom. The van der Waals surface area contributed by atoms with E-state index in [1.165, 1.54) is 0 Å². The van der Waals surface area contributed by atoms with Gasteiger partial charge in [-0.25, -0.2) is 0 Å². The molecule has 0 saturated heterocycles. The van der Waals surface area contributed by atoms with Gasteiger partial charge in [0.05, 0.1) is 10.2 Å². The van der Waals surface area contributed by atoms with Gasteiger partial charge in [-0.2, -0.15) is 0 Å². The average Bonchev–Trinajstić information content (AvgIpc) is 2.20. The third kappa shape index (κ3) is 444. The molecule has 0 unspecified atom stereocenters. The van der Waals surface area contributed by atoms with Crippen LogP contribution in [-0.4, -0.2) is 84.7 Å². The van der Waals surface area contributed by atoms with Gasteiger partial charge in [0.1, 0.15) is 0 Å². The zero-order valence-electron chi connectivity index (χ0n) is 12.6. The molecule has 5 N–H and O–H groups in total. The van der Waals surface area contributed by atoms with Crippen molar-refractivity contribution in [2.75, 3.05) is 0 Å². The molecule has 0 aromatic rings. The second-order valence-corrected chi connectivity index (χ2v) is 1.64. The van der Waals surface area contributed by atoms with Gasteiger partial charge in [-0.15, -0.1) is 50.6 Å². The summed E-state index contributed by atoms with van der Waals surface area (Å²) in [6.07, 6.45) is 0. The van der Waals surface area contributed by atoms with E-state index in [9.17, 15) is 0 Å². The van der Waals surface area contributed by atoms with Crippen LogP contribution in [0.15, 0.2) is 0 Å². The van der Waals surface area contributed by atoms with E-state index in [4.69, 9.17) is 107 Å². The van der Waals surface area contributed by atoms with Crippen LogP contribution in [0.3, 0.4) is 0 Å². The minimum Gasteiger partial charge on any atom is -0.356 e. The molecule has 0 atom stereocenters. The molecule has 0 aromatic carbocycles. The van der Waals surface area contributed by atoms with Crippen LogP contribution in [0.1, 0.15) is 0 Å². The first kappa shape index (κ1) is 49.6. The molecule has 28 nitrogen and oxygen atoms in total. The second-order valence-electron chi connectivity index (χ2n) is 1.64. The second kappa shape index (κ2) is 43.6. The molecular weight excluding hydrogens is 458 g/mol. The number of rotatable bonds is 0. The van der Waals surface area contributed by atoms with Gasteiger partial charge in [0.25, 0.3) is 25.4 Å². The van der Waals surface area contributed by atoms with Gasteiger partial charge in [-0.3, -0.25) is 0 Å². The van der Waals surface area contributed by atoms with Crippen molar-refractivity contribution in [2.45, 2.75) is 0 Å². The van der Waals surface area contributed by atoms with E-state index in [1.807, 2.05) is 0 Å². The fourth-order valence-electron chi connectivity index (χ4n) is 0. The third-order valence-electron chi connectivity index (χ3n) is 0. The largest absolute Gasteiger partial charge is 2.00 e. The Hall–Kier alpha value is -4.83. The Balaban J connectivity index is -0.0000000294. The van der Waals surface area contributed by atoms with Gasteiger partial charge in [0.15, 0.2) is 0 Å². The van der Waals surface area contributed by atoms with Crippen LogP contribution in [0, 0.1) is 81.2 Å². The van der Waals surface area contributed by atoms with E-state index < -0.39 is 35.6 Å². The molecule has 0 aliphatic rings. The smallest absolute Gasteiger partial charge is 0.356 e. The molecule has 0 radical (unpaired) electrons. The molecule has 29 heteroatoms. The topological polar surface area (TPSA) is 449 Å². The molecule has 29 heavy (non-hydrogen) atoms. The van der Waals surface area contributed by atoms with Crippen molar-refractivity contribution in [3.05, 3.63) is 81.2 Å². The van der Waals surface area contributed by atoms with Crippen LogP contribution in [-0.2, 0) is 0 Å². The predicted molar refractivity (Wildman–Crippen MR) is 70.4 cm³/mol. The first-order chi connectivity index (χ1) is 12.1. The molecular formula is H5MgN7O21. The number of hydrogen-bond donors (Lipinski definition) is 5. The van der Waals surface area contributed by atoms with Gasteiger partial charge in [-0.05, 0) is 0 Å². The molecule has 0 aromatic heterocycles. The Morgan fingerprint density at radius 3 is 0.345 bits per heavy atom. The van der Waals surface area contributed by atoms with Gasteiger partial charge >= 0.3 is 23.1 Å². The van der Waals surface area contributed by atoms with E-state index in [2.05, 4.69) is 0 Å². The molecule has 0 rings (SSSR count). The summed E-state index contributed by atoms with van der Waals surface area (Å²) in [6, 6.07) is 0. The maximum Gasteiger partial charge on any atom is 2.00 e. The summed E-state index contributed by atoms with van der Waals surface area (Å²) in [6.45, 7) is 0. The Morgan fingerprint density at radius 1 is 0.345 bits per heavy atom. The SMILES string of the molecule is O=[N+]([O-])O.O=[N+]([O-])O.O=[N+]([O-])O.O=[N+]([O-])O.O=[N+]([O-])O.O=[N+]([O-])[O-].O=[N+]([O-])[O-].[Mg+2]. The predicted octanol–water partition coefficient (Wildman–Crippen LogP) is -2.60. The van der Waals surface area contributed by atoms with Crippen molar-refractivity contribution >= 4 is 23.1 Å². The van der Waals surface area contributed by atoms with Crippen LogP contribution >= 0.6 is 0 Å². The van der Waals surface area contributed by atoms with Crippen LogP contribution < -0.4 is 0 Å². The summed E-state index contributed by atoms with van der Waals surface area (Å²) in [5.41, 5.74) is 0.